The number of benzene rings is 1. The van der Waals surface area contributed by atoms with Gasteiger partial charge in [0.25, 0.3) is 0 Å². The van der Waals surface area contributed by atoms with Gasteiger partial charge in [-0.2, -0.15) is 0 Å². The highest BCUT2D eigenvalue weighted by atomic mass is 35.5. The molecule has 21 heavy (non-hydrogen) atoms. The minimum Gasteiger partial charge on any atom is -0.395 e. The maximum atomic E-state index is 11.9. The van der Waals surface area contributed by atoms with E-state index in [2.05, 4.69) is 27.5 Å². The van der Waals surface area contributed by atoms with E-state index in [1.54, 1.807) is 24.4 Å². The second-order valence-electron chi connectivity index (χ2n) is 4.11. The number of anilines is 1. The van der Waals surface area contributed by atoms with E-state index in [0.29, 0.717) is 22.7 Å². The van der Waals surface area contributed by atoms with Crippen molar-refractivity contribution in [3.63, 3.8) is 0 Å². The lowest BCUT2D eigenvalue weighted by Gasteiger charge is -2.08. The maximum absolute atomic E-state index is 11.9. The minimum absolute atomic E-state index is 0.0123. The molecule has 2 rings (SSSR count). The van der Waals surface area contributed by atoms with E-state index >= 15 is 0 Å². The Bertz CT molecular complexity index is 674. The molecule has 2 N–H and O–H groups in total. The number of aliphatic hydroxyl groups is 1. The smallest absolute Gasteiger partial charge is 0.246 e. The van der Waals surface area contributed by atoms with Gasteiger partial charge in [-0.1, -0.05) is 28.7 Å². The van der Waals surface area contributed by atoms with Gasteiger partial charge in [0.15, 0.2) is 0 Å². The molecule has 7 heteroatoms. The Morgan fingerprint density at radius 3 is 3.05 bits per heavy atom. The van der Waals surface area contributed by atoms with Crippen molar-refractivity contribution in [1.29, 1.82) is 0 Å². The predicted octanol–water partition coefficient (Wildman–Crippen LogP) is 1.30. The molecule has 2 aromatic rings. The van der Waals surface area contributed by atoms with Gasteiger partial charge < -0.3 is 10.4 Å². The quantitative estimate of drug-likeness (QED) is 0.835. The highest BCUT2D eigenvalue weighted by Crippen LogP contribution is 2.20. The first kappa shape index (κ1) is 15.0. The molecule has 108 valence electrons. The third-order valence-corrected chi connectivity index (χ3v) is 2.73. The topological polar surface area (TPSA) is 80.0 Å². The number of amides is 1. The van der Waals surface area contributed by atoms with Gasteiger partial charge in [0.05, 0.1) is 18.5 Å². The first-order chi connectivity index (χ1) is 10.2. The molecular weight excluding hydrogens is 292 g/mol. The van der Waals surface area contributed by atoms with Gasteiger partial charge in [0.2, 0.25) is 5.91 Å². The molecule has 0 aliphatic rings. The third-order valence-electron chi connectivity index (χ3n) is 2.49. The molecule has 0 spiro atoms. The maximum Gasteiger partial charge on any atom is 0.246 e. The van der Waals surface area contributed by atoms with E-state index in [0.717, 1.165) is 0 Å². The molecule has 6 nitrogen and oxygen atoms in total. The lowest BCUT2D eigenvalue weighted by atomic mass is 10.1. The van der Waals surface area contributed by atoms with Crippen LogP contribution in [0.2, 0.25) is 5.02 Å². The van der Waals surface area contributed by atoms with Gasteiger partial charge in [0.1, 0.15) is 6.54 Å². The van der Waals surface area contributed by atoms with Crippen LogP contribution in [-0.4, -0.2) is 32.6 Å². The van der Waals surface area contributed by atoms with Crippen LogP contribution in [0.4, 0.5) is 5.69 Å². The first-order valence-electron chi connectivity index (χ1n) is 6.22. The summed E-state index contributed by atoms with van der Waals surface area (Å²) in [6.07, 6.45) is 3.46. The Kier molecular flexibility index (Phi) is 5.32. The van der Waals surface area contributed by atoms with Crippen molar-refractivity contribution in [2.45, 2.75) is 13.0 Å². The number of nitrogens with zero attached hydrogens (tertiary/aromatic N) is 3. The number of nitrogens with one attached hydrogen (secondary N) is 1. The van der Waals surface area contributed by atoms with Gasteiger partial charge in [-0.3, -0.25) is 4.79 Å². The normalized spacial score (nSPS) is 9.81. The number of rotatable bonds is 4. The number of halogens is 1. The monoisotopic (exact) mass is 304 g/mol. The van der Waals surface area contributed by atoms with Crippen molar-refractivity contribution in [2.24, 2.45) is 0 Å². The molecule has 1 aromatic carbocycles. The average Bonchev–Trinajstić information content (AvgIpc) is 2.95. The van der Waals surface area contributed by atoms with Gasteiger partial charge in [-0.15, -0.1) is 5.10 Å². The van der Waals surface area contributed by atoms with Crippen LogP contribution in [-0.2, 0) is 11.3 Å². The van der Waals surface area contributed by atoms with Crippen LogP contribution in [0.15, 0.2) is 30.6 Å². The van der Waals surface area contributed by atoms with E-state index in [1.165, 1.54) is 10.9 Å². The average molecular weight is 305 g/mol. The summed E-state index contributed by atoms with van der Waals surface area (Å²) in [5.41, 5.74) is 1.16. The summed E-state index contributed by atoms with van der Waals surface area (Å²) in [6.45, 7) is 0.0493. The summed E-state index contributed by atoms with van der Waals surface area (Å²) in [4.78, 5) is 11.9. The van der Waals surface area contributed by atoms with E-state index in [9.17, 15) is 4.79 Å². The number of carbonyl (C=O) groups is 1. The molecule has 1 amide bonds. The minimum atomic E-state index is -0.243. The van der Waals surface area contributed by atoms with Gasteiger partial charge in [-0.05, 0) is 18.2 Å². The second kappa shape index (κ2) is 7.43. The Labute approximate surface area is 126 Å². The van der Waals surface area contributed by atoms with Crippen LogP contribution in [0.1, 0.15) is 12.0 Å². The Morgan fingerprint density at radius 1 is 1.48 bits per heavy atom. The Hall–Kier alpha value is -2.36. The third kappa shape index (κ3) is 4.60. The first-order valence-corrected chi connectivity index (χ1v) is 6.60. The largest absolute Gasteiger partial charge is 0.395 e. The summed E-state index contributed by atoms with van der Waals surface area (Å²) in [7, 11) is 0. The fourth-order valence-electron chi connectivity index (χ4n) is 1.60. The molecule has 0 bridgehead atoms. The fourth-order valence-corrected chi connectivity index (χ4v) is 1.77. The molecule has 0 aliphatic heterocycles. The van der Waals surface area contributed by atoms with Gasteiger partial charge in [0, 0.05) is 23.2 Å². The zero-order chi connectivity index (χ0) is 15.1. The molecule has 0 fully saturated rings. The molecule has 0 saturated heterocycles. The van der Waals surface area contributed by atoms with Crippen molar-refractivity contribution in [2.75, 3.05) is 11.9 Å². The Balaban J connectivity index is 2.12. The molecular formula is C14H13ClN4O2. The highest BCUT2D eigenvalue weighted by Gasteiger charge is 2.07. The molecule has 1 heterocycles. The fraction of sp³-hybridized carbons (Fsp3) is 0.214. The second-order valence-corrected chi connectivity index (χ2v) is 4.55. The number of hydrogen-bond donors (Lipinski definition) is 2. The van der Waals surface area contributed by atoms with Gasteiger partial charge in [-0.25, -0.2) is 4.68 Å². The molecule has 1 aromatic heterocycles. The molecule has 0 atom stereocenters. The molecule has 0 saturated carbocycles. The van der Waals surface area contributed by atoms with Crippen LogP contribution in [0.3, 0.4) is 0 Å². The SMILES string of the molecule is O=C(Cn1ccnn1)Nc1ccc(Cl)cc1C#CCCO. The number of hydrogen-bond acceptors (Lipinski definition) is 4. The number of aliphatic hydroxyl groups excluding tert-OH is 1. The Morgan fingerprint density at radius 2 is 2.33 bits per heavy atom. The van der Waals surface area contributed by atoms with Crippen LogP contribution in [0.5, 0.6) is 0 Å². The molecule has 0 unspecified atom stereocenters. The molecule has 0 radical (unpaired) electrons. The number of aromatic nitrogens is 3. The lowest BCUT2D eigenvalue weighted by molar-refractivity contribution is -0.116. The zero-order valence-electron chi connectivity index (χ0n) is 11.1. The molecule has 0 aliphatic carbocycles. The van der Waals surface area contributed by atoms with Crippen molar-refractivity contribution < 1.29 is 9.90 Å². The summed E-state index contributed by atoms with van der Waals surface area (Å²) in [5, 5.41) is 19.4. The number of carbonyl (C=O) groups excluding carboxylic acids is 1. The predicted molar refractivity (Wildman–Crippen MR) is 78.7 cm³/mol. The zero-order valence-corrected chi connectivity index (χ0v) is 11.8. The summed E-state index contributed by atoms with van der Waals surface area (Å²) in [6, 6.07) is 5.02. The van der Waals surface area contributed by atoms with Crippen molar-refractivity contribution in [3.05, 3.63) is 41.2 Å². The van der Waals surface area contributed by atoms with Crippen LogP contribution in [0, 0.1) is 11.8 Å². The summed E-state index contributed by atoms with van der Waals surface area (Å²) < 4.78 is 1.42. The summed E-state index contributed by atoms with van der Waals surface area (Å²) >= 11 is 5.93. The summed E-state index contributed by atoms with van der Waals surface area (Å²) in [5.74, 6) is 5.43. The van der Waals surface area contributed by atoms with E-state index < -0.39 is 0 Å². The van der Waals surface area contributed by atoms with Crippen molar-refractivity contribution >= 4 is 23.2 Å². The van der Waals surface area contributed by atoms with Crippen molar-refractivity contribution in [1.82, 2.24) is 15.0 Å². The van der Waals surface area contributed by atoms with E-state index in [-0.39, 0.29) is 19.1 Å². The van der Waals surface area contributed by atoms with Crippen molar-refractivity contribution in [3.8, 4) is 11.8 Å². The lowest BCUT2D eigenvalue weighted by Crippen LogP contribution is -2.19. The van der Waals surface area contributed by atoms with Crippen LogP contribution in [0.25, 0.3) is 0 Å². The highest BCUT2D eigenvalue weighted by molar-refractivity contribution is 6.30. The van der Waals surface area contributed by atoms with Crippen LogP contribution >= 0.6 is 11.6 Å². The van der Waals surface area contributed by atoms with E-state index in [1.807, 2.05) is 0 Å². The van der Waals surface area contributed by atoms with Crippen LogP contribution < -0.4 is 5.32 Å². The standard InChI is InChI=1S/C14H13ClN4O2/c15-12-4-5-13(11(9-12)3-1-2-8-20)17-14(21)10-19-7-6-16-18-19/h4-7,9,20H,2,8,10H2,(H,17,21). The van der Waals surface area contributed by atoms with Gasteiger partial charge >= 0.3 is 0 Å². The van der Waals surface area contributed by atoms with E-state index in [4.69, 9.17) is 16.7 Å².